The van der Waals surface area contributed by atoms with Crippen LogP contribution in [0.1, 0.15) is 26.3 Å². The van der Waals surface area contributed by atoms with E-state index >= 15 is 0 Å². The normalized spacial score (nSPS) is 11.7. The van der Waals surface area contributed by atoms with Gasteiger partial charge in [0.05, 0.1) is 12.8 Å². The first-order chi connectivity index (χ1) is 8.86. The van der Waals surface area contributed by atoms with Gasteiger partial charge in [-0.15, -0.1) is 0 Å². The van der Waals surface area contributed by atoms with E-state index in [4.69, 9.17) is 4.74 Å². The zero-order valence-corrected chi connectivity index (χ0v) is 12.1. The summed E-state index contributed by atoms with van der Waals surface area (Å²) in [6.45, 7) is 8.26. The zero-order valence-electron chi connectivity index (χ0n) is 12.1. The minimum atomic E-state index is -0.232. The molecule has 0 amide bonds. The Balaban J connectivity index is 2.78. The van der Waals surface area contributed by atoms with Gasteiger partial charge < -0.3 is 9.30 Å². The number of methoxy groups -OCH3 is 1. The highest BCUT2D eigenvalue weighted by Crippen LogP contribution is 2.39. The smallest absolute Gasteiger partial charge is 0.147 e. The standard InChI is InChI=1S/C16H20FNO/c1-11-10-18(16(2,3)4)14(15(11)19-5)12-8-6-7-9-13(12)17/h6-10H,1-5H3. The summed E-state index contributed by atoms with van der Waals surface area (Å²) >= 11 is 0. The van der Waals surface area contributed by atoms with Crippen LogP contribution in [0.2, 0.25) is 0 Å². The molecule has 2 nitrogen and oxygen atoms in total. The number of halogens is 1. The van der Waals surface area contributed by atoms with E-state index in [-0.39, 0.29) is 11.4 Å². The van der Waals surface area contributed by atoms with Gasteiger partial charge in [-0.3, -0.25) is 0 Å². The van der Waals surface area contributed by atoms with Gasteiger partial charge in [-0.1, -0.05) is 12.1 Å². The molecule has 0 aliphatic heterocycles. The van der Waals surface area contributed by atoms with Crippen molar-refractivity contribution in [2.45, 2.75) is 33.2 Å². The zero-order chi connectivity index (χ0) is 14.2. The van der Waals surface area contributed by atoms with Gasteiger partial charge in [0.15, 0.2) is 0 Å². The van der Waals surface area contributed by atoms with Crippen LogP contribution in [0, 0.1) is 12.7 Å². The van der Waals surface area contributed by atoms with Crippen molar-refractivity contribution in [1.82, 2.24) is 4.57 Å². The third-order valence-corrected chi connectivity index (χ3v) is 3.19. The van der Waals surface area contributed by atoms with Gasteiger partial charge in [0.1, 0.15) is 11.6 Å². The topological polar surface area (TPSA) is 14.2 Å². The number of aromatic nitrogens is 1. The summed E-state index contributed by atoms with van der Waals surface area (Å²) in [5.74, 6) is 0.504. The van der Waals surface area contributed by atoms with E-state index in [0.29, 0.717) is 5.56 Å². The van der Waals surface area contributed by atoms with Crippen LogP contribution in [0.15, 0.2) is 30.5 Å². The maximum atomic E-state index is 14.1. The van der Waals surface area contributed by atoms with Crippen LogP contribution in [0.3, 0.4) is 0 Å². The molecule has 19 heavy (non-hydrogen) atoms. The molecule has 0 N–H and O–H groups in total. The van der Waals surface area contributed by atoms with Crippen LogP contribution in [-0.2, 0) is 5.54 Å². The summed E-state index contributed by atoms with van der Waals surface area (Å²) in [6, 6.07) is 6.80. The SMILES string of the molecule is COc1c(C)cn(C(C)(C)C)c1-c1ccccc1F. The minimum absolute atomic E-state index is 0.140. The maximum absolute atomic E-state index is 14.1. The van der Waals surface area contributed by atoms with E-state index in [9.17, 15) is 4.39 Å². The summed E-state index contributed by atoms with van der Waals surface area (Å²) in [6.07, 6.45) is 2.01. The van der Waals surface area contributed by atoms with Crippen LogP contribution < -0.4 is 4.74 Å². The lowest BCUT2D eigenvalue weighted by Gasteiger charge is -2.25. The molecule has 102 valence electrons. The predicted molar refractivity (Wildman–Crippen MR) is 76.1 cm³/mol. The average Bonchev–Trinajstić information content (AvgIpc) is 2.66. The third kappa shape index (κ3) is 2.37. The number of ether oxygens (including phenoxy) is 1. The third-order valence-electron chi connectivity index (χ3n) is 3.19. The van der Waals surface area contributed by atoms with Gasteiger partial charge in [0.25, 0.3) is 0 Å². The van der Waals surface area contributed by atoms with Crippen molar-refractivity contribution in [3.63, 3.8) is 0 Å². The molecule has 0 fully saturated rings. The summed E-state index contributed by atoms with van der Waals surface area (Å²) in [4.78, 5) is 0. The van der Waals surface area contributed by atoms with Crippen molar-refractivity contribution >= 4 is 0 Å². The molecule has 2 aromatic rings. The quantitative estimate of drug-likeness (QED) is 0.783. The molecule has 0 bridgehead atoms. The molecule has 0 atom stereocenters. The van der Waals surface area contributed by atoms with E-state index in [0.717, 1.165) is 17.0 Å². The minimum Gasteiger partial charge on any atom is -0.494 e. The Morgan fingerprint density at radius 3 is 2.32 bits per heavy atom. The van der Waals surface area contributed by atoms with E-state index in [1.807, 2.05) is 19.2 Å². The van der Waals surface area contributed by atoms with E-state index in [2.05, 4.69) is 25.3 Å². The Kier molecular flexibility index (Phi) is 3.40. The van der Waals surface area contributed by atoms with Crippen LogP contribution in [-0.4, -0.2) is 11.7 Å². The molecule has 3 heteroatoms. The second kappa shape index (κ2) is 4.72. The molecule has 0 radical (unpaired) electrons. The van der Waals surface area contributed by atoms with Crippen molar-refractivity contribution in [3.05, 3.63) is 41.8 Å². The highest BCUT2D eigenvalue weighted by molar-refractivity contribution is 5.70. The number of nitrogens with zero attached hydrogens (tertiary/aromatic N) is 1. The lowest BCUT2D eigenvalue weighted by Crippen LogP contribution is -2.22. The number of benzene rings is 1. The van der Waals surface area contributed by atoms with Crippen LogP contribution >= 0.6 is 0 Å². The molecule has 2 rings (SSSR count). The Morgan fingerprint density at radius 2 is 1.79 bits per heavy atom. The van der Waals surface area contributed by atoms with Crippen molar-refractivity contribution in [1.29, 1.82) is 0 Å². The van der Waals surface area contributed by atoms with Crippen molar-refractivity contribution in [3.8, 4) is 17.0 Å². The summed E-state index contributed by atoms with van der Waals surface area (Å²) in [5.41, 5.74) is 2.24. The average molecular weight is 261 g/mol. The number of hydrogen-bond acceptors (Lipinski definition) is 1. The number of hydrogen-bond donors (Lipinski definition) is 0. The van der Waals surface area contributed by atoms with E-state index < -0.39 is 0 Å². The van der Waals surface area contributed by atoms with Gasteiger partial charge >= 0.3 is 0 Å². The van der Waals surface area contributed by atoms with Gasteiger partial charge in [-0.05, 0) is 39.8 Å². The molecule has 0 spiro atoms. The molecule has 0 saturated carbocycles. The Bertz CT molecular complexity index is 593. The van der Waals surface area contributed by atoms with E-state index in [1.165, 1.54) is 6.07 Å². The fourth-order valence-electron chi connectivity index (χ4n) is 2.31. The maximum Gasteiger partial charge on any atom is 0.147 e. The lowest BCUT2D eigenvalue weighted by atomic mass is 10.1. The summed E-state index contributed by atoms with van der Waals surface area (Å²) < 4.78 is 21.6. The lowest BCUT2D eigenvalue weighted by molar-refractivity contribution is 0.388. The molecular formula is C16H20FNO. The number of rotatable bonds is 2. The van der Waals surface area contributed by atoms with Crippen LogP contribution in [0.4, 0.5) is 4.39 Å². The largest absolute Gasteiger partial charge is 0.494 e. The molecule has 0 unspecified atom stereocenters. The molecule has 1 heterocycles. The fourth-order valence-corrected chi connectivity index (χ4v) is 2.31. The van der Waals surface area contributed by atoms with Gasteiger partial charge in [0, 0.05) is 22.9 Å². The van der Waals surface area contributed by atoms with Gasteiger partial charge in [-0.2, -0.15) is 0 Å². The predicted octanol–water partition coefficient (Wildman–Crippen LogP) is 4.37. The monoisotopic (exact) mass is 261 g/mol. The van der Waals surface area contributed by atoms with Crippen LogP contribution in [0.5, 0.6) is 5.75 Å². The molecular weight excluding hydrogens is 241 g/mol. The second-order valence-corrected chi connectivity index (χ2v) is 5.71. The molecule has 1 aromatic carbocycles. The summed E-state index contributed by atoms with van der Waals surface area (Å²) in [5, 5.41) is 0. The molecule has 1 aromatic heterocycles. The summed E-state index contributed by atoms with van der Waals surface area (Å²) in [7, 11) is 1.62. The molecule has 0 aliphatic rings. The first kappa shape index (κ1) is 13.7. The van der Waals surface area contributed by atoms with Crippen molar-refractivity contribution < 1.29 is 9.13 Å². The fraction of sp³-hybridized carbons (Fsp3) is 0.375. The Morgan fingerprint density at radius 1 is 1.16 bits per heavy atom. The van der Waals surface area contributed by atoms with E-state index in [1.54, 1.807) is 19.2 Å². The van der Waals surface area contributed by atoms with Crippen molar-refractivity contribution in [2.24, 2.45) is 0 Å². The van der Waals surface area contributed by atoms with Gasteiger partial charge in [-0.25, -0.2) is 4.39 Å². The van der Waals surface area contributed by atoms with Crippen molar-refractivity contribution in [2.75, 3.05) is 7.11 Å². The molecule has 0 aliphatic carbocycles. The van der Waals surface area contributed by atoms with Crippen LogP contribution in [0.25, 0.3) is 11.3 Å². The second-order valence-electron chi connectivity index (χ2n) is 5.71. The Hall–Kier alpha value is -1.77. The highest BCUT2D eigenvalue weighted by Gasteiger charge is 2.24. The van der Waals surface area contributed by atoms with Gasteiger partial charge in [0.2, 0.25) is 0 Å². The highest BCUT2D eigenvalue weighted by atomic mass is 19.1. The molecule has 0 saturated heterocycles. The first-order valence-electron chi connectivity index (χ1n) is 6.37. The number of aryl methyl sites for hydroxylation is 1. The first-order valence-corrected chi connectivity index (χ1v) is 6.37. The Labute approximate surface area is 113 Å².